The van der Waals surface area contributed by atoms with Crippen molar-refractivity contribution in [2.45, 2.75) is 19.0 Å². The monoisotopic (exact) mass is 401 g/mol. The highest BCUT2D eigenvalue weighted by Gasteiger charge is 2.30. The summed E-state index contributed by atoms with van der Waals surface area (Å²) >= 11 is 0. The fraction of sp³-hybridized carbons (Fsp3) is 0.190. The second-order valence-electron chi connectivity index (χ2n) is 6.70. The number of hydrogen-bond donors (Lipinski definition) is 0. The summed E-state index contributed by atoms with van der Waals surface area (Å²) in [5.41, 5.74) is 1.39. The minimum absolute atomic E-state index is 0.0690. The zero-order valence-electron chi connectivity index (χ0n) is 15.1. The van der Waals surface area contributed by atoms with E-state index >= 15 is 0 Å². The van der Waals surface area contributed by atoms with E-state index in [-0.39, 0.29) is 17.4 Å². The van der Waals surface area contributed by atoms with Gasteiger partial charge in [-0.05, 0) is 48.7 Å². The van der Waals surface area contributed by atoms with Gasteiger partial charge in [-0.25, -0.2) is 9.37 Å². The molecule has 1 amide bonds. The number of aromatic nitrogens is 2. The molecule has 0 saturated carbocycles. The standard InChI is InChI=1S/C21H15F4N3O/c22-16-7-8-19-14(10-16)2-1-9-28(19)20(29)18-12-26-11-17(27-18)13-3-5-15(6-4-13)21(23,24)25/h3-8,10-12H,1-2,9H2. The van der Waals surface area contributed by atoms with Gasteiger partial charge < -0.3 is 4.90 Å². The molecule has 0 aliphatic carbocycles. The highest BCUT2D eigenvalue weighted by atomic mass is 19.4. The molecule has 1 aliphatic rings. The molecule has 4 nitrogen and oxygen atoms in total. The first-order chi connectivity index (χ1) is 13.8. The van der Waals surface area contributed by atoms with Gasteiger partial charge in [0.25, 0.3) is 5.91 Å². The second kappa shape index (κ2) is 7.27. The van der Waals surface area contributed by atoms with E-state index in [9.17, 15) is 22.4 Å². The molecule has 0 radical (unpaired) electrons. The normalized spacial score (nSPS) is 13.9. The van der Waals surface area contributed by atoms with Crippen LogP contribution < -0.4 is 4.90 Å². The number of benzene rings is 2. The van der Waals surface area contributed by atoms with Crippen LogP contribution in [-0.2, 0) is 12.6 Å². The van der Waals surface area contributed by atoms with Crippen molar-refractivity contribution in [3.8, 4) is 11.3 Å². The summed E-state index contributed by atoms with van der Waals surface area (Å²) in [5.74, 6) is -0.749. The molecule has 0 atom stereocenters. The van der Waals surface area contributed by atoms with Gasteiger partial charge in [0.1, 0.15) is 11.5 Å². The van der Waals surface area contributed by atoms with Crippen LogP contribution in [-0.4, -0.2) is 22.4 Å². The lowest BCUT2D eigenvalue weighted by Gasteiger charge is -2.29. The summed E-state index contributed by atoms with van der Waals surface area (Å²) in [6, 6.07) is 8.78. The van der Waals surface area contributed by atoms with Crippen LogP contribution in [0.4, 0.5) is 23.2 Å². The van der Waals surface area contributed by atoms with Crippen molar-refractivity contribution in [1.82, 2.24) is 9.97 Å². The predicted octanol–water partition coefficient (Wildman–Crippen LogP) is 4.89. The van der Waals surface area contributed by atoms with Gasteiger partial charge in [-0.3, -0.25) is 9.78 Å². The van der Waals surface area contributed by atoms with Crippen LogP contribution in [0.25, 0.3) is 11.3 Å². The molecule has 1 aromatic heterocycles. The van der Waals surface area contributed by atoms with Gasteiger partial charge in [0, 0.05) is 17.8 Å². The Bertz CT molecular complexity index is 1060. The van der Waals surface area contributed by atoms with Gasteiger partial charge in [0.2, 0.25) is 0 Å². The lowest BCUT2D eigenvalue weighted by Crippen LogP contribution is -2.36. The van der Waals surface area contributed by atoms with Crippen LogP contribution in [0.2, 0.25) is 0 Å². The summed E-state index contributed by atoms with van der Waals surface area (Å²) in [5, 5.41) is 0. The number of amides is 1. The number of carbonyl (C=O) groups excluding carboxylic acids is 1. The highest BCUT2D eigenvalue weighted by molar-refractivity contribution is 6.05. The first-order valence-electron chi connectivity index (χ1n) is 8.93. The summed E-state index contributed by atoms with van der Waals surface area (Å²) < 4.78 is 51.7. The Morgan fingerprint density at radius 2 is 1.79 bits per heavy atom. The highest BCUT2D eigenvalue weighted by Crippen LogP contribution is 2.31. The molecule has 8 heteroatoms. The zero-order chi connectivity index (χ0) is 20.6. The van der Waals surface area contributed by atoms with E-state index in [4.69, 9.17) is 0 Å². The summed E-state index contributed by atoms with van der Waals surface area (Å²) in [4.78, 5) is 22.8. The van der Waals surface area contributed by atoms with Gasteiger partial charge >= 0.3 is 6.18 Å². The SMILES string of the molecule is O=C(c1cncc(-c2ccc(C(F)(F)F)cc2)n1)N1CCCc2cc(F)ccc21. The molecule has 0 fully saturated rings. The maximum Gasteiger partial charge on any atom is 0.416 e. The van der Waals surface area contributed by atoms with E-state index in [0.717, 1.165) is 17.7 Å². The van der Waals surface area contributed by atoms with Crippen molar-refractivity contribution in [1.29, 1.82) is 0 Å². The molecule has 0 N–H and O–H groups in total. The summed E-state index contributed by atoms with van der Waals surface area (Å²) in [7, 11) is 0. The number of halogens is 4. The molecule has 4 rings (SSSR count). The number of hydrogen-bond acceptors (Lipinski definition) is 3. The Hall–Kier alpha value is -3.29. The smallest absolute Gasteiger partial charge is 0.307 e. The number of rotatable bonds is 2. The van der Waals surface area contributed by atoms with E-state index in [2.05, 4.69) is 9.97 Å². The number of anilines is 1. The molecule has 2 heterocycles. The van der Waals surface area contributed by atoms with Crippen molar-refractivity contribution < 1.29 is 22.4 Å². The number of fused-ring (bicyclic) bond motifs is 1. The molecular weight excluding hydrogens is 386 g/mol. The van der Waals surface area contributed by atoms with E-state index in [1.807, 2.05) is 0 Å². The van der Waals surface area contributed by atoms with Crippen molar-refractivity contribution in [2.75, 3.05) is 11.4 Å². The molecule has 148 valence electrons. The summed E-state index contributed by atoms with van der Waals surface area (Å²) in [6.45, 7) is 0.462. The Balaban J connectivity index is 1.64. The maximum atomic E-state index is 13.5. The van der Waals surface area contributed by atoms with Crippen molar-refractivity contribution in [3.63, 3.8) is 0 Å². The maximum absolute atomic E-state index is 13.5. The predicted molar refractivity (Wildman–Crippen MR) is 98.9 cm³/mol. The molecule has 0 unspecified atom stereocenters. The topological polar surface area (TPSA) is 46.1 Å². The van der Waals surface area contributed by atoms with Crippen molar-refractivity contribution >= 4 is 11.6 Å². The third-order valence-electron chi connectivity index (χ3n) is 4.77. The molecule has 0 saturated heterocycles. The quantitative estimate of drug-likeness (QED) is 0.574. The second-order valence-corrected chi connectivity index (χ2v) is 6.70. The van der Waals surface area contributed by atoms with Gasteiger partial charge in [0.15, 0.2) is 0 Å². The Kier molecular flexibility index (Phi) is 4.77. The largest absolute Gasteiger partial charge is 0.416 e. The lowest BCUT2D eigenvalue weighted by atomic mass is 10.0. The first-order valence-corrected chi connectivity index (χ1v) is 8.93. The minimum atomic E-state index is -4.43. The molecule has 29 heavy (non-hydrogen) atoms. The zero-order valence-corrected chi connectivity index (χ0v) is 15.1. The lowest BCUT2D eigenvalue weighted by molar-refractivity contribution is -0.137. The van der Waals surface area contributed by atoms with E-state index in [0.29, 0.717) is 36.3 Å². The van der Waals surface area contributed by atoms with Crippen molar-refractivity contribution in [2.24, 2.45) is 0 Å². The molecular formula is C21H15F4N3O. The number of aryl methyl sites for hydroxylation is 1. The van der Waals surface area contributed by atoms with Crippen molar-refractivity contribution in [3.05, 3.63) is 77.5 Å². The molecule has 2 aromatic carbocycles. The molecule has 0 spiro atoms. The first kappa shape index (κ1) is 19.0. The fourth-order valence-corrected chi connectivity index (χ4v) is 3.35. The van der Waals surface area contributed by atoms with Gasteiger partial charge in [-0.1, -0.05) is 12.1 Å². The van der Waals surface area contributed by atoms with Gasteiger partial charge in [-0.15, -0.1) is 0 Å². The Morgan fingerprint density at radius 3 is 2.52 bits per heavy atom. The van der Waals surface area contributed by atoms with Crippen LogP contribution in [0, 0.1) is 5.82 Å². The van der Waals surface area contributed by atoms with Gasteiger partial charge in [-0.2, -0.15) is 13.2 Å². The number of carbonyl (C=O) groups is 1. The Labute approximate surface area is 163 Å². The average Bonchev–Trinajstić information content (AvgIpc) is 2.72. The molecule has 3 aromatic rings. The third kappa shape index (κ3) is 3.83. The van der Waals surface area contributed by atoms with Crippen LogP contribution in [0.3, 0.4) is 0 Å². The van der Waals surface area contributed by atoms with Gasteiger partial charge in [0.05, 0.1) is 23.7 Å². The molecule has 1 aliphatic heterocycles. The van der Waals surface area contributed by atoms with Crippen LogP contribution >= 0.6 is 0 Å². The third-order valence-corrected chi connectivity index (χ3v) is 4.77. The number of alkyl halides is 3. The van der Waals surface area contributed by atoms with Crippen LogP contribution in [0.5, 0.6) is 0 Å². The number of nitrogens with zero attached hydrogens (tertiary/aromatic N) is 3. The van der Waals surface area contributed by atoms with E-state index < -0.39 is 11.7 Å². The van der Waals surface area contributed by atoms with E-state index in [1.165, 1.54) is 41.6 Å². The minimum Gasteiger partial charge on any atom is -0.307 e. The fourth-order valence-electron chi connectivity index (χ4n) is 3.35. The average molecular weight is 401 g/mol. The Morgan fingerprint density at radius 1 is 1.03 bits per heavy atom. The van der Waals surface area contributed by atoms with Crippen LogP contribution in [0.15, 0.2) is 54.9 Å². The summed E-state index contributed by atoms with van der Waals surface area (Å²) in [6.07, 6.45) is -0.363. The molecule has 0 bridgehead atoms. The van der Waals surface area contributed by atoms with E-state index in [1.54, 1.807) is 6.07 Å². The van der Waals surface area contributed by atoms with Crippen LogP contribution in [0.1, 0.15) is 28.0 Å².